The highest BCUT2D eigenvalue weighted by atomic mass is 35.5. The molecule has 1 aromatic rings. The zero-order chi connectivity index (χ0) is 11.3. The summed E-state index contributed by atoms with van der Waals surface area (Å²) in [6.07, 6.45) is 3.01. The quantitative estimate of drug-likeness (QED) is 0.836. The number of nitrogens with one attached hydrogen (secondary N) is 1. The van der Waals surface area contributed by atoms with Crippen molar-refractivity contribution in [2.75, 3.05) is 27.2 Å². The molecule has 15 heavy (non-hydrogen) atoms. The lowest BCUT2D eigenvalue weighted by Gasteiger charge is -2.10. The van der Waals surface area contributed by atoms with Crippen molar-refractivity contribution in [3.8, 4) is 0 Å². The number of hydrogen-bond acceptors (Lipinski definition) is 3. The van der Waals surface area contributed by atoms with Crippen molar-refractivity contribution >= 4 is 17.5 Å². The molecule has 0 aliphatic carbocycles. The van der Waals surface area contributed by atoms with Crippen molar-refractivity contribution in [1.82, 2.24) is 15.2 Å². The Kier molecular flexibility index (Phi) is 4.52. The molecule has 1 N–H and O–H groups in total. The molecule has 0 saturated carbocycles. The molecule has 1 rings (SSSR count). The van der Waals surface area contributed by atoms with Gasteiger partial charge < -0.3 is 10.2 Å². The molecule has 1 amide bonds. The highest BCUT2D eigenvalue weighted by molar-refractivity contribution is 6.33. The third kappa shape index (κ3) is 3.85. The first-order valence-corrected chi connectivity index (χ1v) is 5.01. The third-order valence-electron chi connectivity index (χ3n) is 1.86. The van der Waals surface area contributed by atoms with E-state index < -0.39 is 0 Å². The van der Waals surface area contributed by atoms with Gasteiger partial charge in [0.15, 0.2) is 0 Å². The maximum absolute atomic E-state index is 11.6. The summed E-state index contributed by atoms with van der Waals surface area (Å²) in [5.74, 6) is -0.163. The molecule has 4 nitrogen and oxygen atoms in total. The summed E-state index contributed by atoms with van der Waals surface area (Å²) < 4.78 is 0. The minimum Gasteiger partial charge on any atom is -0.351 e. The molecule has 0 fully saturated rings. The molecule has 1 aromatic heterocycles. The minimum absolute atomic E-state index is 0.163. The van der Waals surface area contributed by atoms with Gasteiger partial charge in [-0.1, -0.05) is 11.6 Å². The van der Waals surface area contributed by atoms with Crippen molar-refractivity contribution in [2.24, 2.45) is 0 Å². The van der Waals surface area contributed by atoms with Gasteiger partial charge in [0.25, 0.3) is 5.91 Å². The number of carbonyl (C=O) groups excluding carboxylic acids is 1. The van der Waals surface area contributed by atoms with Crippen LogP contribution >= 0.6 is 11.6 Å². The highest BCUT2D eigenvalue weighted by Gasteiger charge is 2.08. The van der Waals surface area contributed by atoms with Crippen LogP contribution in [0.5, 0.6) is 0 Å². The summed E-state index contributed by atoms with van der Waals surface area (Å²) in [7, 11) is 3.90. The number of carbonyl (C=O) groups is 1. The summed E-state index contributed by atoms with van der Waals surface area (Å²) >= 11 is 5.83. The van der Waals surface area contributed by atoms with Crippen LogP contribution in [-0.2, 0) is 0 Å². The number of likely N-dealkylation sites (N-methyl/N-ethyl adjacent to an activating group) is 1. The summed E-state index contributed by atoms with van der Waals surface area (Å²) in [5.41, 5.74) is 0.463. The fraction of sp³-hybridized carbons (Fsp3) is 0.400. The van der Waals surface area contributed by atoms with Crippen LogP contribution in [0.1, 0.15) is 10.4 Å². The van der Waals surface area contributed by atoms with E-state index in [0.29, 0.717) is 17.1 Å². The third-order valence-corrected chi connectivity index (χ3v) is 2.16. The topological polar surface area (TPSA) is 45.2 Å². The van der Waals surface area contributed by atoms with Gasteiger partial charge in [0, 0.05) is 25.5 Å². The fourth-order valence-corrected chi connectivity index (χ4v) is 1.25. The van der Waals surface area contributed by atoms with Gasteiger partial charge >= 0.3 is 0 Å². The Morgan fingerprint density at radius 3 is 2.93 bits per heavy atom. The Balaban J connectivity index is 2.51. The number of nitrogens with zero attached hydrogens (tertiary/aromatic N) is 2. The van der Waals surface area contributed by atoms with Gasteiger partial charge in [0.2, 0.25) is 0 Å². The highest BCUT2D eigenvalue weighted by Crippen LogP contribution is 2.12. The Bertz CT molecular complexity index is 341. The second-order valence-electron chi connectivity index (χ2n) is 3.41. The molecule has 0 radical (unpaired) electrons. The van der Waals surface area contributed by atoms with E-state index in [-0.39, 0.29) is 5.91 Å². The number of amides is 1. The zero-order valence-corrected chi connectivity index (χ0v) is 9.58. The van der Waals surface area contributed by atoms with Crippen molar-refractivity contribution in [3.05, 3.63) is 29.0 Å². The van der Waals surface area contributed by atoms with Crippen molar-refractivity contribution in [3.63, 3.8) is 0 Å². The van der Waals surface area contributed by atoms with E-state index in [4.69, 9.17) is 11.6 Å². The Morgan fingerprint density at radius 2 is 2.33 bits per heavy atom. The molecule has 0 spiro atoms. The lowest BCUT2D eigenvalue weighted by atomic mass is 10.2. The SMILES string of the molecule is CN(C)CCNC(=O)c1ccncc1Cl. The normalized spacial score (nSPS) is 10.4. The van der Waals surface area contributed by atoms with Crippen molar-refractivity contribution < 1.29 is 4.79 Å². The number of hydrogen-bond donors (Lipinski definition) is 1. The van der Waals surface area contributed by atoms with E-state index >= 15 is 0 Å². The maximum Gasteiger partial charge on any atom is 0.252 e. The lowest BCUT2D eigenvalue weighted by Crippen LogP contribution is -2.31. The summed E-state index contributed by atoms with van der Waals surface area (Å²) in [6.45, 7) is 1.40. The summed E-state index contributed by atoms with van der Waals surface area (Å²) in [5, 5.41) is 3.15. The van der Waals surface area contributed by atoms with Gasteiger partial charge in [-0.3, -0.25) is 9.78 Å². The first-order valence-electron chi connectivity index (χ1n) is 4.63. The Morgan fingerprint density at radius 1 is 1.60 bits per heavy atom. The van der Waals surface area contributed by atoms with Gasteiger partial charge in [0.1, 0.15) is 0 Å². The molecule has 0 unspecified atom stereocenters. The van der Waals surface area contributed by atoms with Crippen LogP contribution in [0.3, 0.4) is 0 Å². The minimum atomic E-state index is -0.163. The summed E-state index contributed by atoms with van der Waals surface area (Å²) in [4.78, 5) is 17.4. The molecule has 0 aliphatic rings. The molecular formula is C10H14ClN3O. The van der Waals surface area contributed by atoms with Crippen LogP contribution in [0.15, 0.2) is 18.5 Å². The van der Waals surface area contributed by atoms with E-state index in [0.717, 1.165) is 6.54 Å². The average molecular weight is 228 g/mol. The number of rotatable bonds is 4. The van der Waals surface area contributed by atoms with Crippen LogP contribution < -0.4 is 5.32 Å². The predicted molar refractivity (Wildman–Crippen MR) is 60.1 cm³/mol. The standard InChI is InChI=1S/C10H14ClN3O/c1-14(2)6-5-13-10(15)8-3-4-12-7-9(8)11/h3-4,7H,5-6H2,1-2H3,(H,13,15). The van der Waals surface area contributed by atoms with Crippen LogP contribution in [-0.4, -0.2) is 43.0 Å². The monoisotopic (exact) mass is 227 g/mol. The number of halogens is 1. The first kappa shape index (κ1) is 11.9. The molecule has 5 heteroatoms. The van der Waals surface area contributed by atoms with Crippen LogP contribution in [0.4, 0.5) is 0 Å². The van der Waals surface area contributed by atoms with Gasteiger partial charge in [-0.2, -0.15) is 0 Å². The van der Waals surface area contributed by atoms with Crippen molar-refractivity contribution in [2.45, 2.75) is 0 Å². The molecule has 0 saturated heterocycles. The molecule has 82 valence electrons. The fourth-order valence-electron chi connectivity index (χ4n) is 1.05. The smallest absolute Gasteiger partial charge is 0.252 e. The number of pyridine rings is 1. The largest absolute Gasteiger partial charge is 0.351 e. The van der Waals surface area contributed by atoms with Crippen LogP contribution in [0, 0.1) is 0 Å². The molecular weight excluding hydrogens is 214 g/mol. The predicted octanol–water partition coefficient (Wildman–Crippen LogP) is 1.03. The molecule has 1 heterocycles. The van der Waals surface area contributed by atoms with Crippen molar-refractivity contribution in [1.29, 1.82) is 0 Å². The van der Waals surface area contributed by atoms with E-state index in [9.17, 15) is 4.79 Å². The van der Waals surface area contributed by atoms with Gasteiger partial charge in [-0.15, -0.1) is 0 Å². The van der Waals surface area contributed by atoms with Gasteiger partial charge in [0.05, 0.1) is 10.6 Å². The van der Waals surface area contributed by atoms with Gasteiger partial charge in [-0.25, -0.2) is 0 Å². The molecule has 0 aliphatic heterocycles. The molecule has 0 aromatic carbocycles. The van der Waals surface area contributed by atoms with Crippen LogP contribution in [0.2, 0.25) is 5.02 Å². The second kappa shape index (κ2) is 5.68. The molecule has 0 atom stereocenters. The van der Waals surface area contributed by atoms with E-state index in [1.807, 2.05) is 19.0 Å². The lowest BCUT2D eigenvalue weighted by molar-refractivity contribution is 0.0951. The Labute approximate surface area is 94.3 Å². The first-order chi connectivity index (χ1) is 7.11. The average Bonchev–Trinajstić information content (AvgIpc) is 2.17. The van der Waals surface area contributed by atoms with Crippen LogP contribution in [0.25, 0.3) is 0 Å². The van der Waals surface area contributed by atoms with E-state index in [1.54, 1.807) is 12.3 Å². The summed E-state index contributed by atoms with van der Waals surface area (Å²) in [6, 6.07) is 1.60. The molecule has 0 bridgehead atoms. The van der Waals surface area contributed by atoms with Gasteiger partial charge in [-0.05, 0) is 20.2 Å². The Hall–Kier alpha value is -1.13. The maximum atomic E-state index is 11.6. The van der Waals surface area contributed by atoms with E-state index in [1.165, 1.54) is 6.20 Å². The second-order valence-corrected chi connectivity index (χ2v) is 3.82. The zero-order valence-electron chi connectivity index (χ0n) is 8.83. The number of aromatic nitrogens is 1. The van der Waals surface area contributed by atoms with E-state index in [2.05, 4.69) is 10.3 Å².